The summed E-state index contributed by atoms with van der Waals surface area (Å²) in [5.74, 6) is 0.118. The van der Waals surface area contributed by atoms with Crippen LogP contribution in [-0.4, -0.2) is 17.8 Å². The predicted molar refractivity (Wildman–Crippen MR) is 82.3 cm³/mol. The second kappa shape index (κ2) is 6.84. The van der Waals surface area contributed by atoms with Gasteiger partial charge in [0, 0.05) is 12.8 Å². The molecule has 0 aliphatic heterocycles. The zero-order valence-electron chi connectivity index (χ0n) is 14.2. The van der Waals surface area contributed by atoms with E-state index in [0.717, 1.165) is 11.1 Å². The van der Waals surface area contributed by atoms with Gasteiger partial charge in [-0.3, -0.25) is 0 Å². The highest BCUT2D eigenvalue weighted by Crippen LogP contribution is 2.42. The molecule has 0 spiro atoms. The average Bonchev–Trinajstić information content (AvgIpc) is 2.39. The number of halogens is 2. The van der Waals surface area contributed by atoms with Crippen LogP contribution < -0.4 is 0 Å². The fourth-order valence-corrected chi connectivity index (χ4v) is 2.67. The minimum atomic E-state index is -3.18. The second-order valence-corrected chi connectivity index (χ2v) is 6.57. The summed E-state index contributed by atoms with van der Waals surface area (Å²) in [5.41, 5.74) is 1.07. The Hall–Kier alpha value is -1.32. The summed E-state index contributed by atoms with van der Waals surface area (Å²) in [6.07, 6.45) is -0.00740. The van der Waals surface area contributed by atoms with Gasteiger partial charge in [0.25, 0.3) is 0 Å². The molecule has 0 amide bonds. The van der Waals surface area contributed by atoms with E-state index in [-0.39, 0.29) is 24.7 Å². The van der Waals surface area contributed by atoms with E-state index >= 15 is 0 Å². The molecule has 0 saturated carbocycles. The average molecular weight is 313 g/mol. The first-order valence-electron chi connectivity index (χ1n) is 7.67. The summed E-state index contributed by atoms with van der Waals surface area (Å²) in [6, 6.07) is 0. The van der Waals surface area contributed by atoms with Crippen molar-refractivity contribution in [3.8, 4) is 0 Å². The summed E-state index contributed by atoms with van der Waals surface area (Å²) in [6.45, 7) is 10.8. The number of carbonyl (C=O) groups excluding carboxylic acids is 1. The predicted octanol–water partition coefficient (Wildman–Crippen LogP) is 5.00. The Morgan fingerprint density at radius 3 is 2.36 bits per heavy atom. The van der Waals surface area contributed by atoms with Crippen LogP contribution in [0.3, 0.4) is 0 Å². The first-order chi connectivity index (χ1) is 10.0. The number of isocyanates is 1. The Kier molecular flexibility index (Phi) is 5.82. The molecule has 22 heavy (non-hydrogen) atoms. The largest absolute Gasteiger partial charge is 0.356 e. The number of hydrogen-bond donors (Lipinski definition) is 0. The molecule has 0 fully saturated rings. The van der Waals surface area contributed by atoms with E-state index in [1.54, 1.807) is 19.1 Å². The van der Waals surface area contributed by atoms with E-state index in [2.05, 4.69) is 4.99 Å². The first kappa shape index (κ1) is 18.7. The van der Waals surface area contributed by atoms with Crippen molar-refractivity contribution in [3.05, 3.63) is 22.9 Å². The lowest BCUT2D eigenvalue weighted by Crippen LogP contribution is -2.39. The standard InChI is InChI=1S/C17H25F2NO2/c1-7-17(18,19)22-16(6)8-13(11(2)3)15(20-10-21)14(9-16)12(4)5/h8,11-12H,7,9H2,1-6H3. The van der Waals surface area contributed by atoms with Crippen molar-refractivity contribution >= 4 is 6.08 Å². The monoisotopic (exact) mass is 313 g/mol. The van der Waals surface area contributed by atoms with Crippen molar-refractivity contribution in [2.75, 3.05) is 0 Å². The molecule has 1 aliphatic carbocycles. The molecular weight excluding hydrogens is 288 g/mol. The van der Waals surface area contributed by atoms with E-state index in [1.165, 1.54) is 6.92 Å². The van der Waals surface area contributed by atoms with Crippen molar-refractivity contribution in [3.63, 3.8) is 0 Å². The summed E-state index contributed by atoms with van der Waals surface area (Å²) in [4.78, 5) is 14.6. The van der Waals surface area contributed by atoms with Crippen LogP contribution in [0, 0.1) is 11.8 Å². The maximum atomic E-state index is 13.7. The number of rotatable bonds is 6. The summed E-state index contributed by atoms with van der Waals surface area (Å²) in [7, 11) is 0. The second-order valence-electron chi connectivity index (χ2n) is 6.57. The maximum Gasteiger partial charge on any atom is 0.356 e. The molecule has 1 aliphatic rings. The highest BCUT2D eigenvalue weighted by molar-refractivity contribution is 5.49. The molecule has 1 rings (SSSR count). The van der Waals surface area contributed by atoms with Gasteiger partial charge in [0.15, 0.2) is 0 Å². The Balaban J connectivity index is 3.38. The molecule has 1 unspecified atom stereocenters. The summed E-state index contributed by atoms with van der Waals surface area (Å²) in [5, 5.41) is 0. The Morgan fingerprint density at radius 2 is 1.95 bits per heavy atom. The number of alkyl halides is 2. The number of allylic oxidation sites excluding steroid dienone is 1. The van der Waals surface area contributed by atoms with Crippen molar-refractivity contribution < 1.29 is 18.3 Å². The lowest BCUT2D eigenvalue weighted by atomic mass is 9.78. The number of ether oxygens (including phenoxy) is 1. The molecule has 0 aromatic rings. The number of nitrogens with zero attached hydrogens (tertiary/aromatic N) is 1. The Morgan fingerprint density at radius 1 is 1.36 bits per heavy atom. The maximum absolute atomic E-state index is 13.7. The SMILES string of the molecule is CCC(F)(F)OC1(C)C=C(C(C)C)C(N=C=O)=C(C(C)C)C1. The lowest BCUT2D eigenvalue weighted by molar-refractivity contribution is -0.281. The molecule has 3 nitrogen and oxygen atoms in total. The van der Waals surface area contributed by atoms with Crippen LogP contribution in [0.5, 0.6) is 0 Å². The van der Waals surface area contributed by atoms with Gasteiger partial charge >= 0.3 is 6.11 Å². The molecule has 1 atom stereocenters. The van der Waals surface area contributed by atoms with Gasteiger partial charge in [0.1, 0.15) is 0 Å². The first-order valence-corrected chi connectivity index (χ1v) is 7.67. The van der Waals surface area contributed by atoms with E-state index in [0.29, 0.717) is 5.70 Å². The summed E-state index contributed by atoms with van der Waals surface area (Å²) < 4.78 is 32.6. The van der Waals surface area contributed by atoms with Crippen molar-refractivity contribution in [1.29, 1.82) is 0 Å². The fraction of sp³-hybridized carbons (Fsp3) is 0.706. The molecule has 0 N–H and O–H groups in total. The normalized spacial score (nSPS) is 22.9. The minimum absolute atomic E-state index is 0.0410. The van der Waals surface area contributed by atoms with Crippen molar-refractivity contribution in [2.45, 2.75) is 66.1 Å². The van der Waals surface area contributed by atoms with Crippen LogP contribution in [0.25, 0.3) is 0 Å². The van der Waals surface area contributed by atoms with Crippen LogP contribution >= 0.6 is 0 Å². The molecule has 5 heteroatoms. The highest BCUT2D eigenvalue weighted by Gasteiger charge is 2.41. The van der Waals surface area contributed by atoms with E-state index < -0.39 is 11.7 Å². The van der Waals surface area contributed by atoms with E-state index in [9.17, 15) is 13.6 Å². The zero-order chi connectivity index (χ0) is 17.1. The number of aliphatic imine (C=N–C) groups is 1. The van der Waals surface area contributed by atoms with Gasteiger partial charge in [0.05, 0.1) is 11.3 Å². The van der Waals surface area contributed by atoms with Crippen LogP contribution in [-0.2, 0) is 9.53 Å². The third kappa shape index (κ3) is 4.34. The van der Waals surface area contributed by atoms with E-state index in [1.807, 2.05) is 27.7 Å². The van der Waals surface area contributed by atoms with Gasteiger partial charge in [-0.1, -0.05) is 34.6 Å². The molecule has 0 aromatic heterocycles. The molecule has 0 bridgehead atoms. The Bertz CT molecular complexity index is 529. The topological polar surface area (TPSA) is 38.7 Å². The molecular formula is C17H25F2NO2. The molecule has 0 radical (unpaired) electrons. The van der Waals surface area contributed by atoms with Gasteiger partial charge < -0.3 is 4.74 Å². The quantitative estimate of drug-likeness (QED) is 0.511. The van der Waals surface area contributed by atoms with Gasteiger partial charge in [0.2, 0.25) is 6.08 Å². The third-order valence-electron chi connectivity index (χ3n) is 3.85. The zero-order valence-corrected chi connectivity index (χ0v) is 14.2. The van der Waals surface area contributed by atoms with Crippen LogP contribution in [0.2, 0.25) is 0 Å². The minimum Gasteiger partial charge on any atom is -0.310 e. The molecule has 0 saturated heterocycles. The van der Waals surface area contributed by atoms with Crippen LogP contribution in [0.15, 0.2) is 27.9 Å². The van der Waals surface area contributed by atoms with E-state index in [4.69, 9.17) is 4.74 Å². The number of hydrogen-bond acceptors (Lipinski definition) is 3. The fourth-order valence-electron chi connectivity index (χ4n) is 2.67. The van der Waals surface area contributed by atoms with Crippen LogP contribution in [0.4, 0.5) is 8.78 Å². The van der Waals surface area contributed by atoms with Gasteiger partial charge in [-0.15, -0.1) is 0 Å². The Labute approximate surface area is 131 Å². The van der Waals surface area contributed by atoms with Gasteiger partial charge in [-0.05, 0) is 36.0 Å². The summed E-state index contributed by atoms with van der Waals surface area (Å²) >= 11 is 0. The molecule has 0 aromatic carbocycles. The third-order valence-corrected chi connectivity index (χ3v) is 3.85. The smallest absolute Gasteiger partial charge is 0.310 e. The van der Waals surface area contributed by atoms with Crippen molar-refractivity contribution in [1.82, 2.24) is 0 Å². The lowest BCUT2D eigenvalue weighted by Gasteiger charge is -2.37. The highest BCUT2D eigenvalue weighted by atomic mass is 19.3. The molecule has 0 heterocycles. The van der Waals surface area contributed by atoms with Gasteiger partial charge in [-0.2, -0.15) is 13.8 Å². The van der Waals surface area contributed by atoms with Crippen molar-refractivity contribution in [2.24, 2.45) is 16.8 Å². The van der Waals surface area contributed by atoms with Crippen LogP contribution in [0.1, 0.15) is 54.4 Å². The van der Waals surface area contributed by atoms with Gasteiger partial charge in [-0.25, -0.2) is 4.79 Å². The molecule has 124 valence electrons.